The molecule has 1 aromatic rings. The third kappa shape index (κ3) is 2.84. The van der Waals surface area contributed by atoms with Gasteiger partial charge in [0.2, 0.25) is 5.91 Å². The second kappa shape index (κ2) is 5.64. The van der Waals surface area contributed by atoms with Crippen molar-refractivity contribution in [2.24, 2.45) is 7.05 Å². The third-order valence-electron chi connectivity index (χ3n) is 3.85. The molecule has 0 aromatic carbocycles. The van der Waals surface area contributed by atoms with Crippen LogP contribution < -0.4 is 5.32 Å². The first kappa shape index (κ1) is 14.6. The van der Waals surface area contributed by atoms with Gasteiger partial charge in [-0.25, -0.2) is 0 Å². The van der Waals surface area contributed by atoms with Gasteiger partial charge >= 0.3 is 0 Å². The number of nitrogens with one attached hydrogen (secondary N) is 1. The number of amides is 2. The molecule has 0 bridgehead atoms. The fraction of sp³-hybridized carbons (Fsp3) is 0.643. The molecule has 6 nitrogen and oxygen atoms in total. The van der Waals surface area contributed by atoms with Crippen molar-refractivity contribution in [3.05, 3.63) is 17.5 Å². The molecule has 0 radical (unpaired) electrons. The van der Waals surface area contributed by atoms with Crippen molar-refractivity contribution in [2.75, 3.05) is 13.6 Å². The average molecular weight is 278 g/mol. The molecule has 110 valence electrons. The van der Waals surface area contributed by atoms with Gasteiger partial charge in [-0.3, -0.25) is 14.3 Å². The summed E-state index contributed by atoms with van der Waals surface area (Å²) >= 11 is 0. The van der Waals surface area contributed by atoms with Gasteiger partial charge in [0.1, 0.15) is 5.69 Å². The highest BCUT2D eigenvalue weighted by Gasteiger charge is 2.28. The highest BCUT2D eigenvalue weighted by atomic mass is 16.2. The van der Waals surface area contributed by atoms with Gasteiger partial charge in [0, 0.05) is 33.1 Å². The smallest absolute Gasteiger partial charge is 0.269 e. The third-order valence-corrected chi connectivity index (χ3v) is 3.85. The van der Waals surface area contributed by atoms with Gasteiger partial charge < -0.3 is 10.2 Å². The van der Waals surface area contributed by atoms with Gasteiger partial charge in [0.25, 0.3) is 5.91 Å². The number of hydrogen-bond acceptors (Lipinski definition) is 3. The highest BCUT2D eigenvalue weighted by molar-refractivity contribution is 5.92. The molecule has 20 heavy (non-hydrogen) atoms. The van der Waals surface area contributed by atoms with Crippen LogP contribution in [-0.4, -0.2) is 46.1 Å². The molecule has 1 aromatic heterocycles. The number of likely N-dealkylation sites (tertiary alicyclic amines) is 1. The Balaban J connectivity index is 1.97. The van der Waals surface area contributed by atoms with Crippen LogP contribution in [0.3, 0.4) is 0 Å². The van der Waals surface area contributed by atoms with E-state index in [9.17, 15) is 9.59 Å². The molecule has 1 atom stereocenters. The fourth-order valence-corrected chi connectivity index (χ4v) is 2.39. The van der Waals surface area contributed by atoms with E-state index < -0.39 is 0 Å². The lowest BCUT2D eigenvalue weighted by atomic mass is 10.1. The summed E-state index contributed by atoms with van der Waals surface area (Å²) in [5.41, 5.74) is 1.46. The summed E-state index contributed by atoms with van der Waals surface area (Å²) < 4.78 is 1.61. The molecular formula is C14H22N4O2. The van der Waals surface area contributed by atoms with E-state index in [1.165, 1.54) is 0 Å². The molecule has 2 heterocycles. The van der Waals surface area contributed by atoms with Crippen LogP contribution in [0.1, 0.15) is 48.8 Å². The second-order valence-electron chi connectivity index (χ2n) is 5.64. The van der Waals surface area contributed by atoms with Crippen molar-refractivity contribution < 1.29 is 9.59 Å². The number of aryl methyl sites for hydroxylation is 1. The largest absolute Gasteiger partial charge is 0.349 e. The lowest BCUT2D eigenvalue weighted by Crippen LogP contribution is -2.40. The van der Waals surface area contributed by atoms with Crippen LogP contribution in [0.25, 0.3) is 0 Å². The van der Waals surface area contributed by atoms with Gasteiger partial charge in [0.15, 0.2) is 0 Å². The molecule has 1 fully saturated rings. The second-order valence-corrected chi connectivity index (χ2v) is 5.64. The molecule has 1 saturated heterocycles. The van der Waals surface area contributed by atoms with Gasteiger partial charge in [-0.1, -0.05) is 13.8 Å². The molecule has 0 unspecified atom stereocenters. The summed E-state index contributed by atoms with van der Waals surface area (Å²) in [6.45, 7) is 4.58. The Labute approximate surface area is 119 Å². The highest BCUT2D eigenvalue weighted by Crippen LogP contribution is 2.16. The Hall–Kier alpha value is -1.85. The molecule has 0 spiro atoms. The summed E-state index contributed by atoms with van der Waals surface area (Å²) in [6, 6.07) is 1.92. The molecule has 2 amide bonds. The molecule has 0 aliphatic carbocycles. The maximum Gasteiger partial charge on any atom is 0.269 e. The first-order chi connectivity index (χ1) is 9.40. The van der Waals surface area contributed by atoms with Crippen molar-refractivity contribution in [1.82, 2.24) is 20.0 Å². The summed E-state index contributed by atoms with van der Waals surface area (Å²) in [5, 5.41) is 7.22. The van der Waals surface area contributed by atoms with Gasteiger partial charge in [-0.2, -0.15) is 5.10 Å². The number of hydrogen-bond donors (Lipinski definition) is 1. The molecule has 0 saturated carbocycles. The first-order valence-electron chi connectivity index (χ1n) is 6.98. The van der Waals surface area contributed by atoms with Crippen LogP contribution in [0.15, 0.2) is 6.07 Å². The van der Waals surface area contributed by atoms with Crippen LogP contribution in [0.5, 0.6) is 0 Å². The van der Waals surface area contributed by atoms with E-state index in [1.807, 2.05) is 19.9 Å². The summed E-state index contributed by atoms with van der Waals surface area (Å²) in [4.78, 5) is 25.3. The van der Waals surface area contributed by atoms with Crippen molar-refractivity contribution in [1.29, 1.82) is 0 Å². The lowest BCUT2D eigenvalue weighted by molar-refractivity contribution is -0.127. The number of likely N-dealkylation sites (N-methyl/N-ethyl adjacent to an activating group) is 1. The van der Waals surface area contributed by atoms with E-state index in [1.54, 1.807) is 23.7 Å². The molecule has 1 N–H and O–H groups in total. The van der Waals surface area contributed by atoms with E-state index >= 15 is 0 Å². The predicted octanol–water partition coefficient (Wildman–Crippen LogP) is 0.894. The van der Waals surface area contributed by atoms with Gasteiger partial charge in [-0.15, -0.1) is 0 Å². The SMILES string of the molecule is CC(C)c1cc(C(=O)NC[C@H]2CCC(=O)N2C)n(C)n1. The van der Waals surface area contributed by atoms with Crippen molar-refractivity contribution >= 4 is 11.8 Å². The minimum absolute atomic E-state index is 0.101. The zero-order chi connectivity index (χ0) is 14.9. The molecule has 6 heteroatoms. The first-order valence-corrected chi connectivity index (χ1v) is 6.98. The predicted molar refractivity (Wildman–Crippen MR) is 75.4 cm³/mol. The summed E-state index contributed by atoms with van der Waals surface area (Å²) in [7, 11) is 3.55. The Morgan fingerprint density at radius 2 is 2.20 bits per heavy atom. The van der Waals surface area contributed by atoms with Crippen LogP contribution in [0, 0.1) is 0 Å². The summed E-state index contributed by atoms with van der Waals surface area (Å²) in [5.74, 6) is 0.299. The van der Waals surface area contributed by atoms with E-state index in [4.69, 9.17) is 0 Å². The van der Waals surface area contributed by atoms with Gasteiger partial charge in [0.05, 0.1) is 5.69 Å². The zero-order valence-electron chi connectivity index (χ0n) is 12.5. The maximum atomic E-state index is 12.2. The van der Waals surface area contributed by atoms with Crippen LogP contribution >= 0.6 is 0 Å². The fourth-order valence-electron chi connectivity index (χ4n) is 2.39. The quantitative estimate of drug-likeness (QED) is 0.889. The van der Waals surface area contributed by atoms with E-state index in [2.05, 4.69) is 10.4 Å². The Morgan fingerprint density at radius 3 is 2.70 bits per heavy atom. The number of carbonyl (C=O) groups excluding carboxylic acids is 2. The van der Waals surface area contributed by atoms with Crippen LogP contribution in [0.2, 0.25) is 0 Å². The standard InChI is InChI=1S/C14H22N4O2/c1-9(2)11-7-12(18(4)16-11)14(20)15-8-10-5-6-13(19)17(10)3/h7,9-10H,5-6,8H2,1-4H3,(H,15,20)/t10-/m1/s1. The number of rotatable bonds is 4. The van der Waals surface area contributed by atoms with E-state index in [0.29, 0.717) is 24.6 Å². The Bertz CT molecular complexity index is 521. The number of aromatic nitrogens is 2. The zero-order valence-corrected chi connectivity index (χ0v) is 12.5. The Morgan fingerprint density at radius 1 is 1.50 bits per heavy atom. The minimum atomic E-state index is -0.139. The number of nitrogens with zero attached hydrogens (tertiary/aromatic N) is 3. The maximum absolute atomic E-state index is 12.2. The normalized spacial score (nSPS) is 18.9. The minimum Gasteiger partial charge on any atom is -0.349 e. The molecule has 1 aliphatic rings. The molecular weight excluding hydrogens is 256 g/mol. The lowest BCUT2D eigenvalue weighted by Gasteiger charge is -2.20. The Kier molecular flexibility index (Phi) is 4.11. The summed E-state index contributed by atoms with van der Waals surface area (Å²) in [6.07, 6.45) is 1.37. The van der Waals surface area contributed by atoms with Crippen molar-refractivity contribution in [2.45, 2.75) is 38.6 Å². The van der Waals surface area contributed by atoms with Gasteiger partial charge in [-0.05, 0) is 18.4 Å². The van der Waals surface area contributed by atoms with E-state index in [-0.39, 0.29) is 17.9 Å². The van der Waals surface area contributed by atoms with Crippen molar-refractivity contribution in [3.8, 4) is 0 Å². The average Bonchev–Trinajstić information content (AvgIpc) is 2.93. The molecule has 1 aliphatic heterocycles. The monoisotopic (exact) mass is 278 g/mol. The van der Waals surface area contributed by atoms with Crippen LogP contribution in [0.4, 0.5) is 0 Å². The number of carbonyl (C=O) groups is 2. The van der Waals surface area contributed by atoms with Crippen LogP contribution in [-0.2, 0) is 11.8 Å². The molecule has 2 rings (SSSR count). The van der Waals surface area contributed by atoms with E-state index in [0.717, 1.165) is 12.1 Å². The topological polar surface area (TPSA) is 67.2 Å². The van der Waals surface area contributed by atoms with Crippen molar-refractivity contribution in [3.63, 3.8) is 0 Å².